The molecule has 1 atom stereocenters. The largest absolute Gasteiger partial charge is 0.489 e. The molecule has 0 aromatic heterocycles. The first-order chi connectivity index (χ1) is 7.90. The van der Waals surface area contributed by atoms with Gasteiger partial charge in [-0.15, -0.1) is 0 Å². The summed E-state index contributed by atoms with van der Waals surface area (Å²) >= 11 is 0. The monoisotopic (exact) mass is 235 g/mol. The lowest BCUT2D eigenvalue weighted by atomic mass is 10.1. The molecule has 1 aromatic rings. The smallest absolute Gasteiger partial charge is 0.120 e. The van der Waals surface area contributed by atoms with Crippen molar-refractivity contribution >= 4 is 0 Å². The molecule has 1 unspecified atom stereocenters. The third-order valence-corrected chi connectivity index (χ3v) is 2.61. The van der Waals surface area contributed by atoms with Gasteiger partial charge in [0.25, 0.3) is 0 Å². The molecule has 0 spiro atoms. The maximum atomic E-state index is 5.98. The van der Waals surface area contributed by atoms with Crippen molar-refractivity contribution in [3.8, 4) is 5.75 Å². The van der Waals surface area contributed by atoms with Gasteiger partial charge in [-0.1, -0.05) is 19.1 Å². The molecule has 0 bridgehead atoms. The molecule has 0 aliphatic rings. The first-order valence-electron chi connectivity index (χ1n) is 6.39. The highest BCUT2D eigenvalue weighted by Gasteiger charge is 2.14. The van der Waals surface area contributed by atoms with E-state index in [9.17, 15) is 0 Å². The second kappa shape index (κ2) is 6.06. The van der Waals surface area contributed by atoms with Gasteiger partial charge >= 0.3 is 0 Å². The topological polar surface area (TPSA) is 21.3 Å². The highest BCUT2D eigenvalue weighted by atomic mass is 16.5. The molecule has 1 rings (SSSR count). The van der Waals surface area contributed by atoms with Crippen molar-refractivity contribution in [1.82, 2.24) is 5.32 Å². The van der Waals surface area contributed by atoms with E-state index in [0.717, 1.165) is 18.7 Å². The Morgan fingerprint density at radius 2 is 2.00 bits per heavy atom. The van der Waals surface area contributed by atoms with Crippen LogP contribution >= 0.6 is 0 Å². The van der Waals surface area contributed by atoms with Crippen LogP contribution in [0.5, 0.6) is 5.75 Å². The van der Waals surface area contributed by atoms with Crippen molar-refractivity contribution in [2.24, 2.45) is 0 Å². The van der Waals surface area contributed by atoms with E-state index in [-0.39, 0.29) is 11.6 Å². The van der Waals surface area contributed by atoms with Crippen molar-refractivity contribution in [2.45, 2.75) is 52.7 Å². The summed E-state index contributed by atoms with van der Waals surface area (Å²) in [5.74, 6) is 0.965. The summed E-state index contributed by atoms with van der Waals surface area (Å²) in [5.41, 5.74) is 1.38. The molecule has 2 nitrogen and oxygen atoms in total. The Kier molecular flexibility index (Phi) is 5.01. The fraction of sp³-hybridized carbons (Fsp3) is 0.600. The average molecular weight is 235 g/mol. The fourth-order valence-electron chi connectivity index (χ4n) is 1.57. The molecule has 0 heterocycles. The van der Waals surface area contributed by atoms with Gasteiger partial charge in [-0.05, 0) is 51.8 Å². The third kappa shape index (κ3) is 5.73. The number of aryl methyl sites for hydroxylation is 1. The van der Waals surface area contributed by atoms with Gasteiger partial charge in [0.2, 0.25) is 0 Å². The van der Waals surface area contributed by atoms with Gasteiger partial charge in [0.05, 0.1) is 0 Å². The van der Waals surface area contributed by atoms with E-state index in [2.05, 4.69) is 52.1 Å². The van der Waals surface area contributed by atoms with Gasteiger partial charge in [-0.2, -0.15) is 0 Å². The quantitative estimate of drug-likeness (QED) is 0.843. The summed E-state index contributed by atoms with van der Waals surface area (Å²) in [5, 5.41) is 3.48. The van der Waals surface area contributed by atoms with E-state index in [1.165, 1.54) is 5.56 Å². The zero-order valence-corrected chi connectivity index (χ0v) is 11.7. The minimum absolute atomic E-state index is 0.142. The molecule has 17 heavy (non-hydrogen) atoms. The maximum absolute atomic E-state index is 5.98. The van der Waals surface area contributed by atoms with Gasteiger partial charge in [0.1, 0.15) is 11.9 Å². The summed E-state index contributed by atoms with van der Waals surface area (Å²) in [7, 11) is 0. The summed E-state index contributed by atoms with van der Waals surface area (Å²) in [6.07, 6.45) is 1.24. The van der Waals surface area contributed by atoms with Crippen LogP contribution < -0.4 is 10.1 Å². The molecular formula is C15H25NO. The van der Waals surface area contributed by atoms with Crippen molar-refractivity contribution in [3.05, 3.63) is 29.8 Å². The molecule has 0 radical (unpaired) electrons. The van der Waals surface area contributed by atoms with Crippen molar-refractivity contribution in [3.63, 3.8) is 0 Å². The standard InChI is InChI=1S/C15H25NO/c1-6-13(11-16-15(3,4)5)17-14-9-7-8-12(2)10-14/h7-10,13,16H,6,11H2,1-5H3. The molecule has 0 aliphatic heterocycles. The zero-order valence-electron chi connectivity index (χ0n) is 11.7. The number of nitrogens with one attached hydrogen (secondary N) is 1. The average Bonchev–Trinajstić information content (AvgIpc) is 2.23. The molecule has 2 heteroatoms. The second-order valence-electron chi connectivity index (χ2n) is 5.60. The van der Waals surface area contributed by atoms with Crippen LogP contribution in [0.1, 0.15) is 39.7 Å². The van der Waals surface area contributed by atoms with E-state index in [4.69, 9.17) is 4.74 Å². The number of ether oxygens (including phenoxy) is 1. The van der Waals surface area contributed by atoms with Crippen LogP contribution in [0.3, 0.4) is 0 Å². The van der Waals surface area contributed by atoms with Crippen LogP contribution in [0.4, 0.5) is 0 Å². The van der Waals surface area contributed by atoms with Gasteiger partial charge < -0.3 is 10.1 Å². The first kappa shape index (κ1) is 14.0. The number of hydrogen-bond acceptors (Lipinski definition) is 2. The summed E-state index contributed by atoms with van der Waals surface area (Å²) in [6.45, 7) is 11.6. The molecule has 0 aliphatic carbocycles. The van der Waals surface area contributed by atoms with E-state index >= 15 is 0 Å². The molecular weight excluding hydrogens is 210 g/mol. The van der Waals surface area contributed by atoms with Crippen LogP contribution in [0.15, 0.2) is 24.3 Å². The van der Waals surface area contributed by atoms with Crippen molar-refractivity contribution in [2.75, 3.05) is 6.54 Å². The highest BCUT2D eigenvalue weighted by Crippen LogP contribution is 2.15. The Morgan fingerprint density at radius 3 is 2.53 bits per heavy atom. The van der Waals surface area contributed by atoms with Crippen LogP contribution in [0.2, 0.25) is 0 Å². The van der Waals surface area contributed by atoms with Gasteiger partial charge in [-0.3, -0.25) is 0 Å². The Morgan fingerprint density at radius 1 is 1.29 bits per heavy atom. The molecule has 0 fully saturated rings. The molecule has 0 saturated carbocycles. The minimum Gasteiger partial charge on any atom is -0.489 e. The lowest BCUT2D eigenvalue weighted by Crippen LogP contribution is -2.42. The second-order valence-corrected chi connectivity index (χ2v) is 5.60. The molecule has 1 N–H and O–H groups in total. The fourth-order valence-corrected chi connectivity index (χ4v) is 1.57. The Balaban J connectivity index is 2.52. The van der Waals surface area contributed by atoms with Crippen LogP contribution in [-0.4, -0.2) is 18.2 Å². The maximum Gasteiger partial charge on any atom is 0.120 e. The number of hydrogen-bond donors (Lipinski definition) is 1. The Hall–Kier alpha value is -1.02. The number of benzene rings is 1. The van der Waals surface area contributed by atoms with E-state index in [0.29, 0.717) is 0 Å². The van der Waals surface area contributed by atoms with Crippen LogP contribution in [0, 0.1) is 6.92 Å². The van der Waals surface area contributed by atoms with E-state index < -0.39 is 0 Å². The third-order valence-electron chi connectivity index (χ3n) is 2.61. The number of rotatable bonds is 5. The lowest BCUT2D eigenvalue weighted by Gasteiger charge is -2.25. The van der Waals surface area contributed by atoms with Crippen molar-refractivity contribution < 1.29 is 4.74 Å². The summed E-state index contributed by atoms with van der Waals surface area (Å²) in [6, 6.07) is 8.22. The minimum atomic E-state index is 0.142. The van der Waals surface area contributed by atoms with Gasteiger partial charge in [0.15, 0.2) is 0 Å². The predicted octanol–water partition coefficient (Wildman–Crippen LogP) is 3.54. The normalized spacial score (nSPS) is 13.5. The molecule has 0 saturated heterocycles. The van der Waals surface area contributed by atoms with E-state index in [1.807, 2.05) is 12.1 Å². The van der Waals surface area contributed by atoms with Gasteiger partial charge in [-0.25, -0.2) is 0 Å². The van der Waals surface area contributed by atoms with Crippen molar-refractivity contribution in [1.29, 1.82) is 0 Å². The summed E-state index contributed by atoms with van der Waals surface area (Å²) in [4.78, 5) is 0. The summed E-state index contributed by atoms with van der Waals surface area (Å²) < 4.78 is 5.98. The SMILES string of the molecule is CCC(CNC(C)(C)C)Oc1cccc(C)c1. The predicted molar refractivity (Wildman–Crippen MR) is 73.6 cm³/mol. The Bertz CT molecular complexity index is 341. The first-order valence-corrected chi connectivity index (χ1v) is 6.39. The zero-order chi connectivity index (χ0) is 12.9. The molecule has 1 aromatic carbocycles. The highest BCUT2D eigenvalue weighted by molar-refractivity contribution is 5.27. The Labute approximate surface area is 105 Å². The van der Waals surface area contributed by atoms with Crippen LogP contribution in [0.25, 0.3) is 0 Å². The van der Waals surface area contributed by atoms with Crippen LogP contribution in [-0.2, 0) is 0 Å². The van der Waals surface area contributed by atoms with E-state index in [1.54, 1.807) is 0 Å². The van der Waals surface area contributed by atoms with Gasteiger partial charge in [0, 0.05) is 12.1 Å². The molecule has 96 valence electrons. The molecule has 0 amide bonds. The lowest BCUT2D eigenvalue weighted by molar-refractivity contribution is 0.181.